The third-order valence-electron chi connectivity index (χ3n) is 8.28. The molecule has 0 aliphatic rings. The van der Waals surface area contributed by atoms with E-state index in [2.05, 4.69) is 143 Å². The van der Waals surface area contributed by atoms with Crippen LogP contribution in [0.3, 0.4) is 0 Å². The van der Waals surface area contributed by atoms with E-state index in [4.69, 9.17) is 16.6 Å². The van der Waals surface area contributed by atoms with E-state index >= 15 is 0 Å². The summed E-state index contributed by atoms with van der Waals surface area (Å²) in [5, 5.41) is 4.94. The van der Waals surface area contributed by atoms with Gasteiger partial charge in [-0.1, -0.05) is 146 Å². The van der Waals surface area contributed by atoms with Crippen molar-refractivity contribution in [1.29, 1.82) is 0 Å². The van der Waals surface area contributed by atoms with E-state index in [1.165, 1.54) is 33.0 Å². The van der Waals surface area contributed by atoms with E-state index in [0.29, 0.717) is 11.6 Å². The Morgan fingerprint density at radius 3 is 1.58 bits per heavy atom. The smallest absolute Gasteiger partial charge is 0.208 e. The van der Waals surface area contributed by atoms with Gasteiger partial charge in [0.15, 0.2) is 11.6 Å². The largest absolute Gasteiger partial charge is 0.226 e. The maximum atomic E-state index is 6.42. The van der Waals surface area contributed by atoms with Gasteiger partial charge in [0.1, 0.15) is 0 Å². The zero-order valence-electron chi connectivity index (χ0n) is 24.2. The predicted octanol–water partition coefficient (Wildman–Crippen LogP) is 11.2. The first-order valence-electron chi connectivity index (χ1n) is 14.9. The summed E-state index contributed by atoms with van der Waals surface area (Å²) in [4.78, 5) is 13.7. The van der Waals surface area contributed by atoms with Gasteiger partial charge < -0.3 is 0 Å². The third-order valence-corrected chi connectivity index (χ3v) is 8.44. The molecule has 0 bridgehead atoms. The summed E-state index contributed by atoms with van der Waals surface area (Å²) in [5.41, 5.74) is 8.85. The topological polar surface area (TPSA) is 38.7 Å². The molecule has 0 N–H and O–H groups in total. The highest BCUT2D eigenvalue weighted by Crippen LogP contribution is 2.32. The normalized spacial score (nSPS) is 11.2. The Morgan fingerprint density at radius 1 is 0.333 bits per heavy atom. The Hall–Kier alpha value is -5.64. The van der Waals surface area contributed by atoms with Crippen LogP contribution in [0.2, 0.25) is 5.28 Å². The van der Waals surface area contributed by atoms with Gasteiger partial charge in [0, 0.05) is 11.1 Å². The lowest BCUT2D eigenvalue weighted by atomic mass is 9.96. The van der Waals surface area contributed by atoms with Gasteiger partial charge in [0.05, 0.1) is 0 Å². The fraction of sp³-hybridized carbons (Fsp3) is 0. The van der Waals surface area contributed by atoms with Crippen molar-refractivity contribution in [2.75, 3.05) is 0 Å². The van der Waals surface area contributed by atoms with Crippen LogP contribution in [-0.4, -0.2) is 15.0 Å². The quantitative estimate of drug-likeness (QED) is 0.199. The summed E-state index contributed by atoms with van der Waals surface area (Å²) in [6.07, 6.45) is 0. The standard InChI is InChI=1S/C41H26ClN3/c42-41-44-39(43-40(45-41)36-24-23-34-25-33(21-22-35(34)26-36)27-7-2-1-3-8-27)32-19-15-29(16-20-32)28-13-17-31(18-14-28)38-12-6-10-30-9-4-5-11-37(30)38/h1-26H. The van der Waals surface area contributed by atoms with E-state index in [1.54, 1.807) is 0 Å². The van der Waals surface area contributed by atoms with Crippen molar-refractivity contribution in [3.8, 4) is 56.2 Å². The highest BCUT2D eigenvalue weighted by molar-refractivity contribution is 6.28. The fourth-order valence-corrected chi connectivity index (χ4v) is 6.09. The van der Waals surface area contributed by atoms with Crippen molar-refractivity contribution in [3.63, 3.8) is 0 Å². The molecule has 0 spiro atoms. The maximum Gasteiger partial charge on any atom is 0.226 e. The summed E-state index contributed by atoms with van der Waals surface area (Å²) >= 11 is 6.42. The Kier molecular flexibility index (Phi) is 6.86. The monoisotopic (exact) mass is 595 g/mol. The molecule has 0 saturated carbocycles. The summed E-state index contributed by atoms with van der Waals surface area (Å²) < 4.78 is 0. The molecule has 0 aliphatic heterocycles. The van der Waals surface area contributed by atoms with Crippen molar-refractivity contribution >= 4 is 33.1 Å². The number of hydrogen-bond acceptors (Lipinski definition) is 3. The van der Waals surface area contributed by atoms with Crippen molar-refractivity contribution in [2.24, 2.45) is 0 Å². The number of nitrogens with zero attached hydrogens (tertiary/aromatic N) is 3. The van der Waals surface area contributed by atoms with Crippen LogP contribution in [0.15, 0.2) is 158 Å². The molecule has 7 aromatic carbocycles. The predicted molar refractivity (Wildman–Crippen MR) is 187 cm³/mol. The number of halogens is 1. The van der Waals surface area contributed by atoms with Crippen LogP contribution in [0.1, 0.15) is 0 Å². The van der Waals surface area contributed by atoms with Crippen LogP contribution < -0.4 is 0 Å². The second-order valence-corrected chi connectivity index (χ2v) is 11.4. The molecular formula is C41H26ClN3. The Labute approximate surface area is 266 Å². The summed E-state index contributed by atoms with van der Waals surface area (Å²) in [6.45, 7) is 0. The van der Waals surface area contributed by atoms with Gasteiger partial charge in [-0.3, -0.25) is 0 Å². The summed E-state index contributed by atoms with van der Waals surface area (Å²) in [7, 11) is 0. The first kappa shape index (κ1) is 26.9. The van der Waals surface area contributed by atoms with E-state index in [0.717, 1.165) is 33.0 Å². The molecule has 4 heteroatoms. The molecule has 8 rings (SSSR count). The first-order chi connectivity index (χ1) is 22.2. The van der Waals surface area contributed by atoms with Gasteiger partial charge in [-0.05, 0) is 78.7 Å². The van der Waals surface area contributed by atoms with Crippen LogP contribution in [-0.2, 0) is 0 Å². The van der Waals surface area contributed by atoms with Crippen LogP contribution in [0.25, 0.3) is 77.7 Å². The molecular weight excluding hydrogens is 570 g/mol. The second-order valence-electron chi connectivity index (χ2n) is 11.1. The van der Waals surface area contributed by atoms with Gasteiger partial charge in [0.2, 0.25) is 5.28 Å². The number of aromatic nitrogens is 3. The van der Waals surface area contributed by atoms with E-state index < -0.39 is 0 Å². The van der Waals surface area contributed by atoms with Crippen LogP contribution in [0, 0.1) is 0 Å². The SMILES string of the molecule is Clc1nc(-c2ccc(-c3ccc(-c4cccc5ccccc45)cc3)cc2)nc(-c2ccc3cc(-c4ccccc4)ccc3c2)n1. The minimum absolute atomic E-state index is 0.169. The minimum atomic E-state index is 0.169. The average molecular weight is 596 g/mol. The summed E-state index contributed by atoms with van der Waals surface area (Å²) in [6, 6.07) is 55.1. The molecule has 0 unspecified atom stereocenters. The van der Waals surface area contributed by atoms with Crippen LogP contribution >= 0.6 is 11.6 Å². The third kappa shape index (κ3) is 5.35. The number of hydrogen-bond donors (Lipinski definition) is 0. The molecule has 0 atom stereocenters. The van der Waals surface area contributed by atoms with Gasteiger partial charge in [0.25, 0.3) is 0 Å². The zero-order chi connectivity index (χ0) is 30.2. The molecule has 0 fully saturated rings. The molecule has 0 radical (unpaired) electrons. The van der Waals surface area contributed by atoms with Crippen LogP contribution in [0.4, 0.5) is 0 Å². The highest BCUT2D eigenvalue weighted by Gasteiger charge is 2.12. The van der Waals surface area contributed by atoms with Gasteiger partial charge in [-0.2, -0.15) is 9.97 Å². The molecule has 0 amide bonds. The van der Waals surface area contributed by atoms with Crippen LogP contribution in [0.5, 0.6) is 0 Å². The maximum absolute atomic E-state index is 6.42. The van der Waals surface area contributed by atoms with E-state index in [9.17, 15) is 0 Å². The molecule has 1 aromatic heterocycles. The zero-order valence-corrected chi connectivity index (χ0v) is 25.0. The lowest BCUT2D eigenvalue weighted by Crippen LogP contribution is -1.97. The van der Waals surface area contributed by atoms with Crippen molar-refractivity contribution in [2.45, 2.75) is 0 Å². The molecule has 1 heterocycles. The molecule has 212 valence electrons. The van der Waals surface area contributed by atoms with Gasteiger partial charge in [-0.25, -0.2) is 4.98 Å². The Balaban J connectivity index is 1.06. The van der Waals surface area contributed by atoms with E-state index in [-0.39, 0.29) is 5.28 Å². The minimum Gasteiger partial charge on any atom is -0.208 e. The molecule has 8 aromatic rings. The van der Waals surface area contributed by atoms with Gasteiger partial charge in [-0.15, -0.1) is 0 Å². The lowest BCUT2D eigenvalue weighted by Gasteiger charge is -2.09. The summed E-state index contributed by atoms with van der Waals surface area (Å²) in [5.74, 6) is 1.09. The molecule has 0 saturated heterocycles. The lowest BCUT2D eigenvalue weighted by molar-refractivity contribution is 1.07. The molecule has 45 heavy (non-hydrogen) atoms. The fourth-order valence-electron chi connectivity index (χ4n) is 5.93. The average Bonchev–Trinajstić information content (AvgIpc) is 3.11. The first-order valence-corrected chi connectivity index (χ1v) is 15.3. The van der Waals surface area contributed by atoms with E-state index in [1.807, 2.05) is 24.3 Å². The second kappa shape index (κ2) is 11.5. The Morgan fingerprint density at radius 2 is 0.844 bits per heavy atom. The number of benzene rings is 7. The number of rotatable bonds is 5. The van der Waals surface area contributed by atoms with Crippen molar-refractivity contribution < 1.29 is 0 Å². The van der Waals surface area contributed by atoms with Crippen molar-refractivity contribution in [3.05, 3.63) is 163 Å². The van der Waals surface area contributed by atoms with Gasteiger partial charge >= 0.3 is 0 Å². The highest BCUT2D eigenvalue weighted by atomic mass is 35.5. The molecule has 3 nitrogen and oxygen atoms in total. The van der Waals surface area contributed by atoms with Crippen molar-refractivity contribution in [1.82, 2.24) is 15.0 Å². The Bertz CT molecular complexity index is 2310. The number of fused-ring (bicyclic) bond motifs is 2. The molecule has 0 aliphatic carbocycles.